The third-order valence-electron chi connectivity index (χ3n) is 4.43. The molecule has 7 nitrogen and oxygen atoms in total. The molecule has 0 radical (unpaired) electrons. The molecule has 1 saturated heterocycles. The molecule has 1 fully saturated rings. The summed E-state index contributed by atoms with van der Waals surface area (Å²) in [6.45, 7) is 10.6. The predicted molar refractivity (Wildman–Crippen MR) is 82.6 cm³/mol. The van der Waals surface area contributed by atoms with Crippen LogP contribution in [-0.4, -0.2) is 33.6 Å². The maximum atomic E-state index is 11.2. The number of anilines is 1. The second kappa shape index (κ2) is 6.01. The second-order valence-electron chi connectivity index (χ2n) is 6.31. The van der Waals surface area contributed by atoms with Gasteiger partial charge in [0.2, 0.25) is 11.6 Å². The van der Waals surface area contributed by atoms with Crippen LogP contribution in [0.1, 0.15) is 39.4 Å². The number of aryl methyl sites for hydroxylation is 1. The maximum Gasteiger partial charge on any atom is 0.406 e. The number of nitrogens with zero attached hydrogens (tertiary/aromatic N) is 3. The van der Waals surface area contributed by atoms with Crippen LogP contribution in [0.25, 0.3) is 0 Å². The molecule has 1 aliphatic rings. The van der Waals surface area contributed by atoms with Crippen molar-refractivity contribution >= 4 is 11.6 Å². The quantitative estimate of drug-likeness (QED) is 0.643. The third kappa shape index (κ3) is 3.18. The van der Waals surface area contributed by atoms with Gasteiger partial charge in [0.15, 0.2) is 0 Å². The van der Waals surface area contributed by atoms with Crippen molar-refractivity contribution in [3.05, 3.63) is 15.9 Å². The van der Waals surface area contributed by atoms with Crippen molar-refractivity contribution in [3.63, 3.8) is 0 Å². The lowest BCUT2D eigenvalue weighted by molar-refractivity contribution is -0.388. The lowest BCUT2D eigenvalue weighted by Crippen LogP contribution is -2.50. The molecule has 1 atom stereocenters. The first-order chi connectivity index (χ1) is 9.86. The van der Waals surface area contributed by atoms with E-state index >= 15 is 0 Å². The molecule has 0 aliphatic carbocycles. The van der Waals surface area contributed by atoms with E-state index in [2.05, 4.69) is 29.5 Å². The monoisotopic (exact) mass is 295 g/mol. The van der Waals surface area contributed by atoms with Crippen LogP contribution in [0, 0.1) is 22.5 Å². The zero-order valence-electron chi connectivity index (χ0n) is 13.3. The van der Waals surface area contributed by atoms with Crippen LogP contribution in [0.4, 0.5) is 11.6 Å². The Kier molecular flexibility index (Phi) is 4.51. The first kappa shape index (κ1) is 15.8. The number of hydrogen-bond donors (Lipinski definition) is 2. The molecule has 1 aromatic rings. The smallest absolute Gasteiger partial charge is 0.363 e. The summed E-state index contributed by atoms with van der Waals surface area (Å²) in [5.41, 5.74) is 0.187. The minimum Gasteiger partial charge on any atom is -0.363 e. The normalized spacial score (nSPS) is 21.2. The molecule has 1 aromatic heterocycles. The van der Waals surface area contributed by atoms with Crippen LogP contribution in [0.2, 0.25) is 0 Å². The lowest BCUT2D eigenvalue weighted by Gasteiger charge is -2.39. The fraction of sp³-hybridized carbons (Fsp3) is 0.786. The summed E-state index contributed by atoms with van der Waals surface area (Å²) in [6, 6.07) is 0.298. The van der Waals surface area contributed by atoms with Gasteiger partial charge in [0.25, 0.3) is 0 Å². The standard InChI is InChI=1S/C14H25N5O2/c1-5-18-10(2)17-13(19(20)21)12(18)16-9-11-14(3,4)7-6-8-15-11/h11,15-16H,5-9H2,1-4H3. The highest BCUT2D eigenvalue weighted by Gasteiger charge is 2.33. The van der Waals surface area contributed by atoms with E-state index < -0.39 is 4.92 Å². The SMILES string of the molecule is CCn1c(C)nc([N+](=O)[O-])c1NCC1NCCCC1(C)C. The van der Waals surface area contributed by atoms with Gasteiger partial charge in [-0.05, 0) is 41.6 Å². The van der Waals surface area contributed by atoms with E-state index in [0.717, 1.165) is 6.54 Å². The van der Waals surface area contributed by atoms with Crippen molar-refractivity contribution < 1.29 is 4.92 Å². The van der Waals surface area contributed by atoms with Crippen LogP contribution < -0.4 is 10.6 Å². The Labute approximate surface area is 125 Å². The summed E-state index contributed by atoms with van der Waals surface area (Å²) in [7, 11) is 0. The molecule has 1 aliphatic heterocycles. The second-order valence-corrected chi connectivity index (χ2v) is 6.31. The molecule has 0 spiro atoms. The number of hydrogen-bond acceptors (Lipinski definition) is 5. The van der Waals surface area contributed by atoms with Gasteiger partial charge in [-0.2, -0.15) is 0 Å². The maximum absolute atomic E-state index is 11.2. The van der Waals surface area contributed by atoms with Crippen LogP contribution in [0.15, 0.2) is 0 Å². The Morgan fingerprint density at radius 2 is 2.29 bits per heavy atom. The van der Waals surface area contributed by atoms with Crippen molar-refractivity contribution in [2.24, 2.45) is 5.41 Å². The fourth-order valence-electron chi connectivity index (χ4n) is 3.06. The van der Waals surface area contributed by atoms with Crippen LogP contribution >= 0.6 is 0 Å². The number of nitro groups is 1. The average molecular weight is 295 g/mol. The summed E-state index contributed by atoms with van der Waals surface area (Å²) in [4.78, 5) is 14.8. The van der Waals surface area contributed by atoms with Gasteiger partial charge in [0.1, 0.15) is 0 Å². The van der Waals surface area contributed by atoms with E-state index in [1.165, 1.54) is 12.8 Å². The van der Waals surface area contributed by atoms with Gasteiger partial charge < -0.3 is 20.7 Å². The van der Waals surface area contributed by atoms with Gasteiger partial charge in [-0.15, -0.1) is 0 Å². The molecule has 1 unspecified atom stereocenters. The minimum absolute atomic E-state index is 0.0806. The lowest BCUT2D eigenvalue weighted by atomic mass is 9.77. The van der Waals surface area contributed by atoms with E-state index in [1.54, 1.807) is 6.92 Å². The molecule has 0 saturated carbocycles. The van der Waals surface area contributed by atoms with Crippen LogP contribution in [0.3, 0.4) is 0 Å². The molecule has 0 bridgehead atoms. The average Bonchev–Trinajstić information content (AvgIpc) is 2.73. The topological polar surface area (TPSA) is 85.0 Å². The number of rotatable bonds is 5. The first-order valence-electron chi connectivity index (χ1n) is 7.55. The van der Waals surface area contributed by atoms with Crippen molar-refractivity contribution in [1.29, 1.82) is 0 Å². The molecule has 7 heteroatoms. The summed E-state index contributed by atoms with van der Waals surface area (Å²) in [5.74, 6) is 1.11. The Morgan fingerprint density at radius 1 is 1.57 bits per heavy atom. The summed E-state index contributed by atoms with van der Waals surface area (Å²) in [5, 5.41) is 17.9. The van der Waals surface area contributed by atoms with Crippen molar-refractivity contribution in [1.82, 2.24) is 14.9 Å². The summed E-state index contributed by atoms with van der Waals surface area (Å²) >= 11 is 0. The Bertz CT molecular complexity index is 524. The third-order valence-corrected chi connectivity index (χ3v) is 4.43. The number of imidazole rings is 1. The van der Waals surface area contributed by atoms with Crippen LogP contribution in [-0.2, 0) is 6.54 Å². The van der Waals surface area contributed by atoms with Gasteiger partial charge in [0, 0.05) is 26.1 Å². The molecular weight excluding hydrogens is 270 g/mol. The highest BCUT2D eigenvalue weighted by atomic mass is 16.6. The van der Waals surface area contributed by atoms with Gasteiger partial charge >= 0.3 is 5.82 Å². The first-order valence-corrected chi connectivity index (χ1v) is 7.55. The predicted octanol–water partition coefficient (Wildman–Crippen LogP) is 2.31. The Balaban J connectivity index is 2.17. The molecule has 21 heavy (non-hydrogen) atoms. The molecule has 118 valence electrons. The number of piperidine rings is 1. The van der Waals surface area contributed by atoms with E-state index in [-0.39, 0.29) is 11.2 Å². The van der Waals surface area contributed by atoms with Gasteiger partial charge in [-0.1, -0.05) is 13.8 Å². The number of aromatic nitrogens is 2. The van der Waals surface area contributed by atoms with Gasteiger partial charge in [-0.25, -0.2) is 0 Å². The fourth-order valence-corrected chi connectivity index (χ4v) is 3.06. The molecule has 2 N–H and O–H groups in total. The number of nitrogens with one attached hydrogen (secondary N) is 2. The van der Waals surface area contributed by atoms with E-state index in [9.17, 15) is 10.1 Å². The van der Waals surface area contributed by atoms with Crippen molar-refractivity contribution in [2.45, 2.75) is 53.1 Å². The summed E-state index contributed by atoms with van der Waals surface area (Å²) in [6.07, 6.45) is 2.34. The summed E-state index contributed by atoms with van der Waals surface area (Å²) < 4.78 is 1.86. The van der Waals surface area contributed by atoms with Gasteiger partial charge in [-0.3, -0.25) is 4.57 Å². The minimum atomic E-state index is -0.416. The molecule has 2 rings (SSSR count). The highest BCUT2D eigenvalue weighted by Crippen LogP contribution is 2.31. The van der Waals surface area contributed by atoms with Crippen LogP contribution in [0.5, 0.6) is 0 Å². The highest BCUT2D eigenvalue weighted by molar-refractivity contribution is 5.53. The molecule has 2 heterocycles. The molecule has 0 aromatic carbocycles. The largest absolute Gasteiger partial charge is 0.406 e. The Morgan fingerprint density at radius 3 is 2.86 bits per heavy atom. The van der Waals surface area contributed by atoms with E-state index in [1.807, 2.05) is 11.5 Å². The van der Waals surface area contributed by atoms with Gasteiger partial charge in [0.05, 0.1) is 0 Å². The van der Waals surface area contributed by atoms with E-state index in [4.69, 9.17) is 0 Å². The zero-order valence-corrected chi connectivity index (χ0v) is 13.3. The van der Waals surface area contributed by atoms with E-state index in [0.29, 0.717) is 30.8 Å². The van der Waals surface area contributed by atoms with Crippen molar-refractivity contribution in [3.8, 4) is 0 Å². The molecule has 0 amide bonds. The van der Waals surface area contributed by atoms with Crippen molar-refractivity contribution in [2.75, 3.05) is 18.4 Å². The zero-order chi connectivity index (χ0) is 15.6. The Hall–Kier alpha value is -1.63. The molecular formula is C14H25N5O2.